The molecule has 0 N–H and O–H groups in total. The van der Waals surface area contributed by atoms with E-state index in [0.29, 0.717) is 0 Å². The van der Waals surface area contributed by atoms with Crippen molar-refractivity contribution in [3.05, 3.63) is 39.4 Å². The minimum atomic E-state index is 0. The van der Waals surface area contributed by atoms with E-state index >= 15 is 0 Å². The second-order valence-electron chi connectivity index (χ2n) is 0. The molecule has 0 aliphatic heterocycles. The Morgan fingerprint density at radius 3 is 0.312 bits per heavy atom. The predicted molar refractivity (Wildman–Crippen MR) is 29.8 cm³/mol. The predicted octanol–water partition coefficient (Wildman–Crippen LogP) is -8.41. The molecule has 10 heteroatoms. The van der Waals surface area contributed by atoms with Crippen molar-refractivity contribution in [1.29, 1.82) is 31.6 Å². The van der Waals surface area contributed by atoms with Gasteiger partial charge in [0.15, 0.2) is 0 Å². The Labute approximate surface area is 143 Å². The molecule has 0 amide bonds. The average molecular weight is 233 g/mol. The van der Waals surface area contributed by atoms with Crippen molar-refractivity contribution in [1.82, 2.24) is 0 Å². The molecule has 0 aliphatic carbocycles. The molecule has 0 saturated carbocycles. The van der Waals surface area contributed by atoms with Crippen molar-refractivity contribution >= 4 is 0 Å². The molecule has 0 fully saturated rings. The first-order valence-electron chi connectivity index (χ1n) is 1.34. The summed E-state index contributed by atoms with van der Waals surface area (Å²) in [6.45, 7) is 28.5. The van der Waals surface area contributed by atoms with Crippen LogP contribution < -0.4 is 56.6 Å². The number of hydrogen-bond acceptors (Lipinski definition) is 6. The van der Waals surface area contributed by atoms with Gasteiger partial charge in [0.1, 0.15) is 0 Å². The van der Waals surface area contributed by atoms with Crippen LogP contribution in [0.5, 0.6) is 0 Å². The molecule has 0 heterocycles. The summed E-state index contributed by atoms with van der Waals surface area (Å²) in [7, 11) is 0. The number of hydrogen-bond donors (Lipinski definition) is 0. The molecule has 0 atom stereocenters. The van der Waals surface area contributed by atoms with Crippen LogP contribution in [-0.4, -0.2) is 0 Å². The Balaban J connectivity index is -0.00000000321. The first kappa shape index (κ1) is 112. The van der Waals surface area contributed by atoms with Gasteiger partial charge in [-0.05, 0) is 0 Å². The van der Waals surface area contributed by atoms with Crippen molar-refractivity contribution in [2.24, 2.45) is 0 Å². The first-order valence-corrected chi connectivity index (χ1v) is 1.34. The van der Waals surface area contributed by atoms with Crippen LogP contribution >= 0.6 is 0 Å². The van der Waals surface area contributed by atoms with Gasteiger partial charge in [0, 0.05) is 0 Å². The van der Waals surface area contributed by atoms with Crippen LogP contribution in [-0.2, 0) is 17.1 Å². The molecule has 16 heavy (non-hydrogen) atoms. The minimum absolute atomic E-state index is 0. The van der Waals surface area contributed by atoms with Gasteiger partial charge in [-0.15, -0.1) is 0 Å². The molecule has 0 aromatic heterocycles. The SMILES string of the molecule is [C-]#N.[C-]#N.[C-]#N.[C-]#N.[C-]#N.[C-]#N.[Fe+3].[Li+].[Li+].[Li+]. The quantitative estimate of drug-likeness (QED) is 0.300. The third-order valence-corrected chi connectivity index (χ3v) is 0. The maximum atomic E-state index is 6.25. The summed E-state index contributed by atoms with van der Waals surface area (Å²) < 4.78 is 0. The summed E-state index contributed by atoms with van der Waals surface area (Å²) >= 11 is 0. The van der Waals surface area contributed by atoms with Gasteiger partial charge in [-0.25, -0.2) is 0 Å². The van der Waals surface area contributed by atoms with E-state index in [-0.39, 0.29) is 73.7 Å². The van der Waals surface area contributed by atoms with Crippen molar-refractivity contribution in [2.45, 2.75) is 0 Å². The molecule has 0 aliphatic rings. The number of rotatable bonds is 0. The van der Waals surface area contributed by atoms with E-state index in [2.05, 4.69) is 0 Å². The van der Waals surface area contributed by atoms with Gasteiger partial charge in [0.2, 0.25) is 0 Å². The first-order chi connectivity index (χ1) is 6.00. The van der Waals surface area contributed by atoms with E-state index in [1.807, 2.05) is 0 Å². The molecule has 0 saturated heterocycles. The smallest absolute Gasteiger partial charge is 0.512 e. The normalized spacial score (nSPS) is 0.750. The number of nitrogens with zero attached hydrogens (tertiary/aromatic N) is 6. The van der Waals surface area contributed by atoms with Gasteiger partial charge >= 0.3 is 73.7 Å². The van der Waals surface area contributed by atoms with E-state index in [0.717, 1.165) is 0 Å². The Morgan fingerprint density at radius 1 is 0.312 bits per heavy atom. The van der Waals surface area contributed by atoms with Gasteiger partial charge in [-0.3, -0.25) is 0 Å². The Morgan fingerprint density at radius 2 is 0.312 bits per heavy atom. The van der Waals surface area contributed by atoms with Crippen molar-refractivity contribution in [2.75, 3.05) is 0 Å². The molecule has 0 aromatic rings. The minimum Gasteiger partial charge on any atom is -0.512 e. The van der Waals surface area contributed by atoms with Crippen LogP contribution in [0.4, 0.5) is 0 Å². The molecular formula is C6FeLi3N6. The summed E-state index contributed by atoms with van der Waals surface area (Å²) in [5, 5.41) is 37.5. The van der Waals surface area contributed by atoms with Crippen LogP contribution in [0.2, 0.25) is 0 Å². The second-order valence-corrected chi connectivity index (χ2v) is 0. The average Bonchev–Trinajstić information content (AvgIpc) is 2.33. The fourth-order valence-electron chi connectivity index (χ4n) is 0. The zero-order valence-corrected chi connectivity index (χ0v) is 10.1. The molecule has 0 spiro atoms. The summed E-state index contributed by atoms with van der Waals surface area (Å²) in [6, 6.07) is 0. The van der Waals surface area contributed by atoms with E-state index in [1.54, 1.807) is 0 Å². The Kier molecular flexibility index (Phi) is 31400. The zero-order chi connectivity index (χ0) is 12.0. The largest absolute Gasteiger partial charge is 3.00 e. The van der Waals surface area contributed by atoms with E-state index in [4.69, 9.17) is 71.0 Å². The molecule has 6 nitrogen and oxygen atoms in total. The molecule has 0 rings (SSSR count). The fraction of sp³-hybridized carbons (Fsp3) is 0. The molecule has 65 valence electrons. The molecule has 1 radical (unpaired) electrons. The van der Waals surface area contributed by atoms with E-state index in [9.17, 15) is 0 Å². The Hall–Kier alpha value is -0.748. The molecule has 0 unspecified atom stereocenters. The van der Waals surface area contributed by atoms with Crippen LogP contribution in [0, 0.1) is 71.0 Å². The van der Waals surface area contributed by atoms with Gasteiger partial charge in [-0.1, -0.05) is 0 Å². The third kappa shape index (κ3) is 3550. The van der Waals surface area contributed by atoms with Crippen LogP contribution in [0.3, 0.4) is 0 Å². The summed E-state index contributed by atoms with van der Waals surface area (Å²) in [6.07, 6.45) is 0. The van der Waals surface area contributed by atoms with Gasteiger partial charge in [0.05, 0.1) is 0 Å². The maximum absolute atomic E-state index is 6.25. The standard InChI is InChI=1S/6CN.Fe.3Li/c6*1-2;;;;/q6*-1;+3;3*+1. The van der Waals surface area contributed by atoms with Crippen molar-refractivity contribution in [3.63, 3.8) is 0 Å². The second kappa shape index (κ2) is 4470. The molecular weight excluding hydrogens is 233 g/mol. The van der Waals surface area contributed by atoms with E-state index < -0.39 is 0 Å². The van der Waals surface area contributed by atoms with Gasteiger partial charge < -0.3 is 71.0 Å². The summed E-state index contributed by atoms with van der Waals surface area (Å²) in [4.78, 5) is 0. The monoisotopic (exact) mass is 233 g/mol. The van der Waals surface area contributed by atoms with Gasteiger partial charge in [-0.2, -0.15) is 0 Å². The zero-order valence-electron chi connectivity index (χ0n) is 9.04. The fourth-order valence-corrected chi connectivity index (χ4v) is 0. The maximum Gasteiger partial charge on any atom is 3.00 e. The topological polar surface area (TPSA) is 143 Å². The van der Waals surface area contributed by atoms with Crippen LogP contribution in [0.15, 0.2) is 0 Å². The van der Waals surface area contributed by atoms with Crippen molar-refractivity contribution < 1.29 is 73.7 Å². The van der Waals surface area contributed by atoms with Crippen LogP contribution in [0.25, 0.3) is 0 Å². The summed E-state index contributed by atoms with van der Waals surface area (Å²) in [5.74, 6) is 0. The van der Waals surface area contributed by atoms with Crippen LogP contribution in [0.1, 0.15) is 0 Å². The van der Waals surface area contributed by atoms with E-state index in [1.165, 1.54) is 0 Å². The molecule has 0 aromatic carbocycles. The molecule has 0 bridgehead atoms. The third-order valence-electron chi connectivity index (χ3n) is 0. The van der Waals surface area contributed by atoms with Crippen molar-refractivity contribution in [3.8, 4) is 0 Å². The Bertz CT molecular complexity index is 103. The summed E-state index contributed by atoms with van der Waals surface area (Å²) in [5.41, 5.74) is 0. The van der Waals surface area contributed by atoms with Gasteiger partial charge in [0.25, 0.3) is 0 Å².